The molecule has 0 bridgehead atoms. The summed E-state index contributed by atoms with van der Waals surface area (Å²) in [6.45, 7) is 2.75. The summed E-state index contributed by atoms with van der Waals surface area (Å²) in [5.41, 5.74) is 2.99. The van der Waals surface area contributed by atoms with Crippen molar-refractivity contribution < 1.29 is 9.90 Å². The number of carbonyl (C=O) groups is 1. The van der Waals surface area contributed by atoms with E-state index in [0.717, 1.165) is 17.5 Å². The zero-order valence-corrected chi connectivity index (χ0v) is 14.4. The van der Waals surface area contributed by atoms with Crippen molar-refractivity contribution in [1.29, 1.82) is 0 Å². The van der Waals surface area contributed by atoms with Gasteiger partial charge in [0.1, 0.15) is 6.04 Å². The normalized spacial score (nSPS) is 12.2. The van der Waals surface area contributed by atoms with E-state index in [-0.39, 0.29) is 18.6 Å². The molecule has 1 heterocycles. The van der Waals surface area contributed by atoms with E-state index in [1.807, 2.05) is 54.0 Å². The number of rotatable bonds is 7. The number of hydrogen-bond acceptors (Lipinski definition) is 3. The van der Waals surface area contributed by atoms with E-state index in [0.29, 0.717) is 13.1 Å². The summed E-state index contributed by atoms with van der Waals surface area (Å²) < 4.78 is 1.89. The number of imidazole rings is 1. The van der Waals surface area contributed by atoms with Gasteiger partial charge in [-0.05, 0) is 31.0 Å². The number of para-hydroxylation sites is 2. The van der Waals surface area contributed by atoms with Crippen LogP contribution in [-0.4, -0.2) is 45.2 Å². The molecule has 0 aliphatic rings. The van der Waals surface area contributed by atoms with E-state index < -0.39 is 0 Å². The summed E-state index contributed by atoms with van der Waals surface area (Å²) in [4.78, 5) is 19.1. The number of aliphatic hydroxyl groups is 1. The molecule has 0 aliphatic carbocycles. The van der Waals surface area contributed by atoms with Crippen LogP contribution >= 0.6 is 0 Å². The molecule has 1 N–H and O–H groups in total. The second kappa shape index (κ2) is 7.94. The van der Waals surface area contributed by atoms with Gasteiger partial charge in [-0.1, -0.05) is 42.5 Å². The van der Waals surface area contributed by atoms with Gasteiger partial charge in [-0.2, -0.15) is 0 Å². The van der Waals surface area contributed by atoms with Crippen LogP contribution in [0.1, 0.15) is 18.5 Å². The van der Waals surface area contributed by atoms with Gasteiger partial charge in [-0.15, -0.1) is 0 Å². The van der Waals surface area contributed by atoms with Gasteiger partial charge in [-0.3, -0.25) is 4.79 Å². The van der Waals surface area contributed by atoms with Crippen LogP contribution in [0, 0.1) is 0 Å². The number of amides is 1. The van der Waals surface area contributed by atoms with Crippen LogP contribution in [-0.2, 0) is 11.2 Å². The molecular formula is C20H23N3O2. The molecule has 1 amide bonds. The first kappa shape index (κ1) is 17.2. The Kier molecular flexibility index (Phi) is 5.46. The van der Waals surface area contributed by atoms with Crippen molar-refractivity contribution >= 4 is 16.9 Å². The molecular weight excluding hydrogens is 314 g/mol. The number of aliphatic hydroxyl groups excluding tert-OH is 1. The van der Waals surface area contributed by atoms with E-state index in [9.17, 15) is 9.90 Å². The number of aromatic nitrogens is 2. The predicted octanol–water partition coefficient (Wildman–Crippen LogP) is 2.66. The van der Waals surface area contributed by atoms with Gasteiger partial charge in [0.2, 0.25) is 5.91 Å². The second-order valence-electron chi connectivity index (χ2n) is 6.10. The van der Waals surface area contributed by atoms with Crippen LogP contribution in [0.5, 0.6) is 0 Å². The summed E-state index contributed by atoms with van der Waals surface area (Å²) in [5, 5.41) is 9.35. The summed E-state index contributed by atoms with van der Waals surface area (Å²) in [6, 6.07) is 17.5. The topological polar surface area (TPSA) is 58.4 Å². The van der Waals surface area contributed by atoms with Crippen molar-refractivity contribution in [1.82, 2.24) is 14.5 Å². The maximum atomic E-state index is 13.0. The standard InChI is InChI=1S/C20H23N3O2/c1-16(23-15-21-18-9-5-6-10-19(18)23)20(25)22(13-14-24)12-11-17-7-3-2-4-8-17/h2-10,15-16,24H,11-14H2,1H3. The smallest absolute Gasteiger partial charge is 0.245 e. The van der Waals surface area contributed by atoms with Crippen LogP contribution in [0.15, 0.2) is 60.9 Å². The number of fused-ring (bicyclic) bond motifs is 1. The minimum atomic E-state index is -0.366. The molecule has 0 fully saturated rings. The quantitative estimate of drug-likeness (QED) is 0.721. The third kappa shape index (κ3) is 3.88. The molecule has 130 valence electrons. The molecule has 0 spiro atoms. The Hall–Kier alpha value is -2.66. The lowest BCUT2D eigenvalue weighted by Gasteiger charge is -2.26. The molecule has 5 heteroatoms. The fraction of sp³-hybridized carbons (Fsp3) is 0.300. The minimum Gasteiger partial charge on any atom is -0.395 e. The van der Waals surface area contributed by atoms with Crippen LogP contribution in [0.25, 0.3) is 11.0 Å². The molecule has 0 aliphatic heterocycles. The molecule has 1 unspecified atom stereocenters. The van der Waals surface area contributed by atoms with Crippen molar-refractivity contribution in [2.24, 2.45) is 0 Å². The van der Waals surface area contributed by atoms with Crippen LogP contribution < -0.4 is 0 Å². The van der Waals surface area contributed by atoms with E-state index >= 15 is 0 Å². The summed E-state index contributed by atoms with van der Waals surface area (Å²) >= 11 is 0. The molecule has 0 radical (unpaired) electrons. The highest BCUT2D eigenvalue weighted by atomic mass is 16.3. The lowest BCUT2D eigenvalue weighted by Crippen LogP contribution is -2.39. The second-order valence-corrected chi connectivity index (χ2v) is 6.10. The Balaban J connectivity index is 1.75. The largest absolute Gasteiger partial charge is 0.395 e. The van der Waals surface area contributed by atoms with Crippen molar-refractivity contribution in [2.45, 2.75) is 19.4 Å². The van der Waals surface area contributed by atoms with E-state index in [1.54, 1.807) is 11.2 Å². The van der Waals surface area contributed by atoms with Gasteiger partial charge in [0.25, 0.3) is 0 Å². The molecule has 1 atom stereocenters. The zero-order chi connectivity index (χ0) is 17.6. The van der Waals surface area contributed by atoms with E-state index in [4.69, 9.17) is 0 Å². The van der Waals surface area contributed by atoms with Gasteiger partial charge < -0.3 is 14.6 Å². The van der Waals surface area contributed by atoms with Crippen LogP contribution in [0.3, 0.4) is 0 Å². The molecule has 3 rings (SSSR count). The molecule has 2 aromatic carbocycles. The van der Waals surface area contributed by atoms with E-state index in [1.165, 1.54) is 5.56 Å². The fourth-order valence-electron chi connectivity index (χ4n) is 3.03. The maximum Gasteiger partial charge on any atom is 0.245 e. The van der Waals surface area contributed by atoms with E-state index in [2.05, 4.69) is 17.1 Å². The van der Waals surface area contributed by atoms with Crippen LogP contribution in [0.4, 0.5) is 0 Å². The Labute approximate surface area is 147 Å². The zero-order valence-electron chi connectivity index (χ0n) is 14.4. The van der Waals surface area contributed by atoms with Gasteiger partial charge in [0, 0.05) is 13.1 Å². The lowest BCUT2D eigenvalue weighted by atomic mass is 10.1. The molecule has 1 aromatic heterocycles. The first-order valence-corrected chi connectivity index (χ1v) is 8.56. The first-order valence-electron chi connectivity index (χ1n) is 8.56. The highest BCUT2D eigenvalue weighted by Crippen LogP contribution is 2.19. The molecule has 5 nitrogen and oxygen atoms in total. The molecule has 25 heavy (non-hydrogen) atoms. The highest BCUT2D eigenvalue weighted by molar-refractivity contribution is 5.83. The number of nitrogens with zero attached hydrogens (tertiary/aromatic N) is 3. The Morgan fingerprint density at radius 3 is 2.60 bits per heavy atom. The maximum absolute atomic E-state index is 13.0. The third-order valence-electron chi connectivity index (χ3n) is 4.45. The number of carbonyl (C=O) groups excluding carboxylic acids is 1. The van der Waals surface area contributed by atoms with Crippen molar-refractivity contribution in [3.63, 3.8) is 0 Å². The average molecular weight is 337 g/mol. The predicted molar refractivity (Wildman–Crippen MR) is 98.3 cm³/mol. The highest BCUT2D eigenvalue weighted by Gasteiger charge is 2.22. The molecule has 0 saturated carbocycles. The SMILES string of the molecule is CC(C(=O)N(CCO)CCc1ccccc1)n1cnc2ccccc21. The van der Waals surface area contributed by atoms with Gasteiger partial charge in [0.05, 0.1) is 24.0 Å². The van der Waals surface area contributed by atoms with Gasteiger partial charge >= 0.3 is 0 Å². The molecule has 0 saturated heterocycles. The summed E-state index contributed by atoms with van der Waals surface area (Å²) in [6.07, 6.45) is 2.48. The average Bonchev–Trinajstić information content (AvgIpc) is 3.09. The van der Waals surface area contributed by atoms with Crippen molar-refractivity contribution in [2.75, 3.05) is 19.7 Å². The summed E-state index contributed by atoms with van der Waals surface area (Å²) in [7, 11) is 0. The number of benzene rings is 2. The van der Waals surface area contributed by atoms with Crippen molar-refractivity contribution in [3.05, 3.63) is 66.5 Å². The molecule has 3 aromatic rings. The van der Waals surface area contributed by atoms with Crippen LogP contribution in [0.2, 0.25) is 0 Å². The monoisotopic (exact) mass is 337 g/mol. The van der Waals surface area contributed by atoms with Gasteiger partial charge in [0.15, 0.2) is 0 Å². The Morgan fingerprint density at radius 2 is 1.84 bits per heavy atom. The van der Waals surface area contributed by atoms with Gasteiger partial charge in [-0.25, -0.2) is 4.98 Å². The van der Waals surface area contributed by atoms with Crippen molar-refractivity contribution in [3.8, 4) is 0 Å². The first-order chi connectivity index (χ1) is 12.2. The lowest BCUT2D eigenvalue weighted by molar-refractivity contribution is -0.134. The summed E-state index contributed by atoms with van der Waals surface area (Å²) in [5.74, 6) is -0.00636. The Bertz CT molecular complexity index is 829. The number of hydrogen-bond donors (Lipinski definition) is 1. The Morgan fingerprint density at radius 1 is 1.12 bits per heavy atom. The third-order valence-corrected chi connectivity index (χ3v) is 4.45. The fourth-order valence-corrected chi connectivity index (χ4v) is 3.03. The minimum absolute atomic E-state index is 0.00636.